The molecule has 0 radical (unpaired) electrons. The number of hydrogen-bond acceptors (Lipinski definition) is 4. The molecule has 0 saturated carbocycles. The molecule has 0 heterocycles. The van der Waals surface area contributed by atoms with Crippen LogP contribution in [0.2, 0.25) is 0 Å². The predicted molar refractivity (Wildman–Crippen MR) is 86.7 cm³/mol. The lowest BCUT2D eigenvalue weighted by Gasteiger charge is -2.23. The van der Waals surface area contributed by atoms with Gasteiger partial charge in [0.1, 0.15) is 0 Å². The van der Waals surface area contributed by atoms with Crippen molar-refractivity contribution in [2.75, 3.05) is 13.7 Å². The van der Waals surface area contributed by atoms with E-state index in [9.17, 15) is 15.0 Å². The number of unbranched alkanes of at least 4 members (excludes halogenated alkanes) is 3. The molecule has 0 spiro atoms. The number of aliphatic hydroxyl groups excluding tert-OH is 2. The Balaban J connectivity index is 2.33. The Hall–Kier alpha value is -1.39. The summed E-state index contributed by atoms with van der Waals surface area (Å²) in [4.78, 5) is 11.0. The summed E-state index contributed by atoms with van der Waals surface area (Å²) in [5.74, 6) is -0.392. The van der Waals surface area contributed by atoms with Crippen LogP contribution in [0.15, 0.2) is 24.3 Å². The van der Waals surface area contributed by atoms with Gasteiger partial charge in [-0.15, -0.1) is 0 Å². The van der Waals surface area contributed by atoms with Crippen LogP contribution in [-0.2, 0) is 9.53 Å². The van der Waals surface area contributed by atoms with Crippen molar-refractivity contribution in [3.63, 3.8) is 0 Å². The van der Waals surface area contributed by atoms with E-state index in [1.54, 1.807) is 0 Å². The molecule has 0 aliphatic rings. The van der Waals surface area contributed by atoms with Crippen molar-refractivity contribution in [3.8, 4) is 0 Å². The molecule has 0 aliphatic carbocycles. The van der Waals surface area contributed by atoms with Gasteiger partial charge in [0.05, 0.1) is 19.8 Å². The fourth-order valence-corrected chi connectivity index (χ4v) is 2.71. The highest BCUT2D eigenvalue weighted by Crippen LogP contribution is 2.25. The standard InChI is InChI=1S/C18H28O4/c1-14-9-7-8-10-15(14)16(13-19)17(20)11-5-3-4-6-12-18(21)22-2/h7-10,16-17,19-20H,3-6,11-13H2,1-2H3. The Labute approximate surface area is 133 Å². The molecule has 4 nitrogen and oxygen atoms in total. The Morgan fingerprint density at radius 2 is 1.86 bits per heavy atom. The van der Waals surface area contributed by atoms with Crippen LogP contribution in [0.3, 0.4) is 0 Å². The number of benzene rings is 1. The molecular formula is C18H28O4. The summed E-state index contributed by atoms with van der Waals surface area (Å²) >= 11 is 0. The third-order valence-electron chi connectivity index (χ3n) is 4.11. The Morgan fingerprint density at radius 3 is 2.50 bits per heavy atom. The molecule has 124 valence electrons. The topological polar surface area (TPSA) is 66.8 Å². The fourth-order valence-electron chi connectivity index (χ4n) is 2.71. The Morgan fingerprint density at radius 1 is 1.18 bits per heavy atom. The molecule has 2 N–H and O–H groups in total. The third-order valence-corrected chi connectivity index (χ3v) is 4.11. The monoisotopic (exact) mass is 308 g/mol. The van der Waals surface area contributed by atoms with Gasteiger partial charge in [-0.25, -0.2) is 0 Å². The molecule has 2 unspecified atom stereocenters. The van der Waals surface area contributed by atoms with Gasteiger partial charge in [-0.1, -0.05) is 43.5 Å². The Kier molecular flexibility index (Phi) is 8.78. The first kappa shape index (κ1) is 18.7. The van der Waals surface area contributed by atoms with Crippen molar-refractivity contribution in [3.05, 3.63) is 35.4 Å². The lowest BCUT2D eigenvalue weighted by molar-refractivity contribution is -0.140. The first-order chi connectivity index (χ1) is 10.6. The number of esters is 1. The zero-order valence-electron chi connectivity index (χ0n) is 13.6. The van der Waals surface area contributed by atoms with Crippen molar-refractivity contribution in [1.29, 1.82) is 0 Å². The maximum Gasteiger partial charge on any atom is 0.305 e. The molecule has 2 atom stereocenters. The number of hydrogen-bond donors (Lipinski definition) is 2. The van der Waals surface area contributed by atoms with E-state index in [1.165, 1.54) is 7.11 Å². The molecule has 1 aromatic rings. The molecule has 0 aromatic heterocycles. The number of rotatable bonds is 10. The van der Waals surface area contributed by atoms with Gasteiger partial charge in [0.2, 0.25) is 0 Å². The maximum absolute atomic E-state index is 11.0. The number of aryl methyl sites for hydroxylation is 1. The minimum atomic E-state index is -0.535. The van der Waals surface area contributed by atoms with Gasteiger partial charge in [-0.2, -0.15) is 0 Å². The van der Waals surface area contributed by atoms with Crippen LogP contribution in [0.4, 0.5) is 0 Å². The maximum atomic E-state index is 11.0. The molecule has 1 aromatic carbocycles. The van der Waals surface area contributed by atoms with Gasteiger partial charge in [0.15, 0.2) is 0 Å². The van der Waals surface area contributed by atoms with E-state index < -0.39 is 6.10 Å². The lowest BCUT2D eigenvalue weighted by Crippen LogP contribution is -2.22. The van der Waals surface area contributed by atoms with Gasteiger partial charge in [-0.3, -0.25) is 4.79 Å². The highest BCUT2D eigenvalue weighted by Gasteiger charge is 2.21. The molecule has 1 rings (SSSR count). The average Bonchev–Trinajstić information content (AvgIpc) is 2.52. The van der Waals surface area contributed by atoms with Crippen LogP contribution in [0.1, 0.15) is 55.6 Å². The SMILES string of the molecule is COC(=O)CCCCCCC(O)C(CO)c1ccccc1C. The average molecular weight is 308 g/mol. The fraction of sp³-hybridized carbons (Fsp3) is 0.611. The van der Waals surface area contributed by atoms with Gasteiger partial charge < -0.3 is 14.9 Å². The van der Waals surface area contributed by atoms with Gasteiger partial charge >= 0.3 is 5.97 Å². The molecule has 4 heteroatoms. The number of ether oxygens (including phenoxy) is 1. The van der Waals surface area contributed by atoms with Crippen LogP contribution in [0.25, 0.3) is 0 Å². The van der Waals surface area contributed by atoms with Crippen LogP contribution >= 0.6 is 0 Å². The molecular weight excluding hydrogens is 280 g/mol. The molecule has 0 aliphatic heterocycles. The van der Waals surface area contributed by atoms with Crippen LogP contribution in [-0.4, -0.2) is 36.0 Å². The van der Waals surface area contributed by atoms with E-state index in [1.807, 2.05) is 31.2 Å². The third kappa shape index (κ3) is 6.16. The number of carbonyl (C=O) groups is 1. The summed E-state index contributed by atoms with van der Waals surface area (Å²) in [6, 6.07) is 7.86. The second-order valence-electron chi connectivity index (χ2n) is 5.74. The van der Waals surface area contributed by atoms with E-state index in [0.717, 1.165) is 36.8 Å². The van der Waals surface area contributed by atoms with E-state index in [-0.39, 0.29) is 18.5 Å². The van der Waals surface area contributed by atoms with Crippen molar-refractivity contribution in [1.82, 2.24) is 0 Å². The number of methoxy groups -OCH3 is 1. The van der Waals surface area contributed by atoms with E-state index in [2.05, 4.69) is 4.74 Å². The molecule has 0 amide bonds. The van der Waals surface area contributed by atoms with Gasteiger partial charge in [0, 0.05) is 12.3 Å². The molecule has 0 saturated heterocycles. The summed E-state index contributed by atoms with van der Waals surface area (Å²) in [5, 5.41) is 19.9. The number of aliphatic hydroxyl groups is 2. The smallest absolute Gasteiger partial charge is 0.305 e. The highest BCUT2D eigenvalue weighted by molar-refractivity contribution is 5.68. The summed E-state index contributed by atoms with van der Waals surface area (Å²) in [5.41, 5.74) is 2.11. The second-order valence-corrected chi connectivity index (χ2v) is 5.74. The van der Waals surface area contributed by atoms with Crippen LogP contribution < -0.4 is 0 Å². The summed E-state index contributed by atoms with van der Waals surface area (Å²) < 4.78 is 4.59. The summed E-state index contributed by atoms with van der Waals surface area (Å²) in [7, 11) is 1.40. The largest absolute Gasteiger partial charge is 0.469 e. The lowest BCUT2D eigenvalue weighted by atomic mass is 9.88. The molecule has 0 fully saturated rings. The normalized spacial score (nSPS) is 13.6. The van der Waals surface area contributed by atoms with Gasteiger partial charge in [-0.05, 0) is 30.9 Å². The molecule has 0 bridgehead atoms. The van der Waals surface area contributed by atoms with E-state index >= 15 is 0 Å². The first-order valence-electron chi connectivity index (χ1n) is 8.01. The quantitative estimate of drug-likeness (QED) is 0.515. The van der Waals surface area contributed by atoms with Gasteiger partial charge in [0.25, 0.3) is 0 Å². The highest BCUT2D eigenvalue weighted by atomic mass is 16.5. The van der Waals surface area contributed by atoms with Crippen LogP contribution in [0.5, 0.6) is 0 Å². The summed E-state index contributed by atoms with van der Waals surface area (Å²) in [6.07, 6.45) is 4.23. The predicted octanol–water partition coefficient (Wildman–Crippen LogP) is 2.95. The number of carbonyl (C=O) groups excluding carboxylic acids is 1. The Bertz CT molecular complexity index is 444. The zero-order valence-corrected chi connectivity index (χ0v) is 13.6. The van der Waals surface area contributed by atoms with Crippen molar-refractivity contribution in [2.24, 2.45) is 0 Å². The molecule has 22 heavy (non-hydrogen) atoms. The zero-order chi connectivity index (χ0) is 16.4. The van der Waals surface area contributed by atoms with Crippen molar-refractivity contribution >= 4 is 5.97 Å². The minimum Gasteiger partial charge on any atom is -0.469 e. The summed E-state index contributed by atoms with van der Waals surface area (Å²) in [6.45, 7) is 1.95. The minimum absolute atomic E-state index is 0.0473. The van der Waals surface area contributed by atoms with Crippen molar-refractivity contribution in [2.45, 2.75) is 57.5 Å². The van der Waals surface area contributed by atoms with Crippen molar-refractivity contribution < 1.29 is 19.7 Å². The second kappa shape index (κ2) is 10.4. The van der Waals surface area contributed by atoms with E-state index in [4.69, 9.17) is 0 Å². The van der Waals surface area contributed by atoms with Crippen LogP contribution in [0, 0.1) is 6.92 Å². The first-order valence-corrected chi connectivity index (χ1v) is 8.01. The van der Waals surface area contributed by atoms with E-state index in [0.29, 0.717) is 12.8 Å².